The maximum atomic E-state index is 11.2. The predicted molar refractivity (Wildman–Crippen MR) is 126 cm³/mol. The molecule has 1 aromatic carbocycles. The fraction of sp³-hybridized carbons (Fsp3) is 0.455. The Morgan fingerprint density at radius 3 is 1.33 bits per heavy atom. The third kappa shape index (κ3) is 8.19. The first-order chi connectivity index (χ1) is 13.9. The molecule has 6 nitrogen and oxygen atoms in total. The van der Waals surface area contributed by atoms with Gasteiger partial charge in [-0.05, 0) is 22.5 Å². The van der Waals surface area contributed by atoms with Crippen LogP contribution in [0.15, 0.2) is 37.4 Å². The molecule has 0 aliphatic carbocycles. The van der Waals surface area contributed by atoms with Gasteiger partial charge in [-0.15, -0.1) is 0 Å². The zero-order valence-corrected chi connectivity index (χ0v) is 21.0. The molecular formula is C22H34O6Si2. The van der Waals surface area contributed by atoms with Crippen molar-refractivity contribution in [1.29, 1.82) is 0 Å². The summed E-state index contributed by atoms with van der Waals surface area (Å²) < 4.78 is 22.1. The molecule has 0 aliphatic heterocycles. The Kier molecular flexibility index (Phi) is 9.57. The minimum Gasteiger partial charge on any atom is -0.490 e. The van der Waals surface area contributed by atoms with Gasteiger partial charge in [-0.3, -0.25) is 0 Å². The lowest BCUT2D eigenvalue weighted by Crippen LogP contribution is -2.44. The van der Waals surface area contributed by atoms with Crippen molar-refractivity contribution >= 4 is 38.5 Å². The number of esters is 2. The molecule has 0 spiro atoms. The van der Waals surface area contributed by atoms with Crippen LogP contribution in [0.1, 0.15) is 0 Å². The van der Waals surface area contributed by atoms with Gasteiger partial charge in [-0.1, -0.05) is 52.4 Å². The lowest BCUT2D eigenvalue weighted by Gasteiger charge is -2.27. The van der Waals surface area contributed by atoms with Crippen molar-refractivity contribution in [2.24, 2.45) is 0 Å². The molecule has 0 bridgehead atoms. The van der Waals surface area contributed by atoms with Crippen LogP contribution in [0.5, 0.6) is 11.5 Å². The Balaban J connectivity index is 3.13. The van der Waals surface area contributed by atoms with Gasteiger partial charge in [-0.25, -0.2) is 9.59 Å². The van der Waals surface area contributed by atoms with Gasteiger partial charge in [0.05, 0.1) is 16.1 Å². The predicted octanol–water partition coefficient (Wildman–Crippen LogP) is 2.99. The number of carbonyl (C=O) groups excluding carboxylic acids is 2. The van der Waals surface area contributed by atoms with Crippen molar-refractivity contribution in [2.45, 2.75) is 39.3 Å². The van der Waals surface area contributed by atoms with Crippen molar-refractivity contribution in [1.82, 2.24) is 0 Å². The molecule has 8 heteroatoms. The van der Waals surface area contributed by atoms with Crippen molar-refractivity contribution in [3.05, 3.63) is 37.4 Å². The van der Waals surface area contributed by atoms with Gasteiger partial charge in [0.2, 0.25) is 0 Å². The molecule has 0 fully saturated rings. The van der Waals surface area contributed by atoms with Crippen LogP contribution in [0.3, 0.4) is 0 Å². The highest BCUT2D eigenvalue weighted by Gasteiger charge is 2.28. The number of hydrogen-bond acceptors (Lipinski definition) is 6. The molecule has 1 rings (SSSR count). The van der Waals surface area contributed by atoms with Gasteiger partial charge in [0, 0.05) is 12.2 Å². The van der Waals surface area contributed by atoms with Gasteiger partial charge < -0.3 is 18.9 Å². The van der Waals surface area contributed by atoms with E-state index in [1.807, 2.05) is 0 Å². The van der Waals surface area contributed by atoms with Crippen molar-refractivity contribution in [3.8, 4) is 11.5 Å². The average molecular weight is 451 g/mol. The second-order valence-corrected chi connectivity index (χ2v) is 18.9. The van der Waals surface area contributed by atoms with Crippen LogP contribution in [0.4, 0.5) is 0 Å². The van der Waals surface area contributed by atoms with Crippen LogP contribution in [0, 0.1) is 0 Å². The van der Waals surface area contributed by atoms with E-state index in [0.717, 1.165) is 34.0 Å². The van der Waals surface area contributed by atoms with Crippen LogP contribution >= 0.6 is 0 Å². The van der Waals surface area contributed by atoms with Crippen LogP contribution in [0.2, 0.25) is 39.3 Å². The van der Waals surface area contributed by atoms with E-state index < -0.39 is 28.1 Å². The Labute approximate surface area is 181 Å². The largest absolute Gasteiger partial charge is 0.490 e. The maximum absolute atomic E-state index is 11.2. The normalized spacial score (nSPS) is 11.4. The van der Waals surface area contributed by atoms with Crippen LogP contribution in [-0.4, -0.2) is 54.5 Å². The molecule has 0 radical (unpaired) electrons. The fourth-order valence-corrected chi connectivity index (χ4v) is 5.57. The van der Waals surface area contributed by atoms with E-state index in [0.29, 0.717) is 0 Å². The molecule has 0 aromatic heterocycles. The number of benzene rings is 1. The summed E-state index contributed by atoms with van der Waals surface area (Å²) in [5, 5.41) is 2.25. The number of hydrogen-bond donors (Lipinski definition) is 0. The van der Waals surface area contributed by atoms with Gasteiger partial charge in [0.15, 0.2) is 0 Å². The van der Waals surface area contributed by atoms with Crippen LogP contribution in [-0.2, 0) is 19.1 Å². The number of rotatable bonds is 12. The highest BCUT2D eigenvalue weighted by molar-refractivity contribution is 6.91. The van der Waals surface area contributed by atoms with E-state index >= 15 is 0 Å². The Morgan fingerprint density at radius 1 is 0.733 bits per heavy atom. The lowest BCUT2D eigenvalue weighted by atomic mass is 10.3. The quantitative estimate of drug-likeness (QED) is 0.211. The van der Waals surface area contributed by atoms with E-state index in [2.05, 4.69) is 64.6 Å². The molecule has 0 saturated heterocycles. The van der Waals surface area contributed by atoms with Crippen molar-refractivity contribution < 1.29 is 28.5 Å². The monoisotopic (exact) mass is 450 g/mol. The van der Waals surface area contributed by atoms with Gasteiger partial charge in [0.1, 0.15) is 37.9 Å². The molecule has 0 heterocycles. The van der Waals surface area contributed by atoms with E-state index in [9.17, 15) is 9.59 Å². The molecule has 0 N–H and O–H groups in total. The molecule has 166 valence electrons. The smallest absolute Gasteiger partial charge is 0.330 e. The Hall–Kier alpha value is -2.33. The Bertz CT molecular complexity index is 709. The molecule has 0 aliphatic rings. The lowest BCUT2D eigenvalue weighted by molar-refractivity contribution is -0.139. The maximum Gasteiger partial charge on any atom is 0.330 e. The first-order valence-electron chi connectivity index (χ1n) is 9.93. The summed E-state index contributed by atoms with van der Waals surface area (Å²) in [7, 11) is -3.53. The van der Waals surface area contributed by atoms with Crippen LogP contribution < -0.4 is 19.8 Å². The minimum atomic E-state index is -1.76. The molecule has 30 heavy (non-hydrogen) atoms. The summed E-state index contributed by atoms with van der Waals surface area (Å²) in [6.45, 7) is 21.0. The molecule has 0 saturated carbocycles. The minimum absolute atomic E-state index is 0.158. The Morgan fingerprint density at radius 2 is 1.07 bits per heavy atom. The third-order valence-corrected chi connectivity index (χ3v) is 8.22. The summed E-state index contributed by atoms with van der Waals surface area (Å²) in [6, 6.07) is 4.14. The summed E-state index contributed by atoms with van der Waals surface area (Å²) >= 11 is 0. The fourth-order valence-electron chi connectivity index (χ4n) is 2.68. The molecule has 0 unspecified atom stereocenters. The molecule has 0 amide bonds. The first-order valence-corrected chi connectivity index (χ1v) is 16.9. The van der Waals surface area contributed by atoms with Crippen LogP contribution in [0.25, 0.3) is 0 Å². The summed E-state index contributed by atoms with van der Waals surface area (Å²) in [6.07, 6.45) is 2.27. The summed E-state index contributed by atoms with van der Waals surface area (Å²) in [5.41, 5.74) is 0. The van der Waals surface area contributed by atoms with Gasteiger partial charge in [0.25, 0.3) is 0 Å². The standard InChI is InChI=1S/C22H34O6Si2/c1-9-21(23)27-13-11-25-17-15-20(30(6,7)8)18(16-19(17)29(3,4)5)26-12-14-28-22(24)10-2/h9-10,15-16H,1-2,11-14H2,3-8H3. The molecule has 0 atom stereocenters. The second-order valence-electron chi connectivity index (χ2n) is 8.78. The zero-order valence-electron chi connectivity index (χ0n) is 19.0. The first kappa shape index (κ1) is 25.7. The van der Waals surface area contributed by atoms with E-state index in [-0.39, 0.29) is 26.4 Å². The third-order valence-electron chi connectivity index (χ3n) is 4.20. The second kappa shape index (κ2) is 11.2. The molecule has 1 aromatic rings. The number of ether oxygens (including phenoxy) is 4. The number of carbonyl (C=O) groups is 2. The van der Waals surface area contributed by atoms with Crippen molar-refractivity contribution in [3.63, 3.8) is 0 Å². The summed E-state index contributed by atoms with van der Waals surface area (Å²) in [5.74, 6) is 0.693. The SMILES string of the molecule is C=CC(=O)OCCOc1cc([Si](C)(C)C)c(OCCOC(=O)C=C)cc1[Si](C)(C)C. The van der Waals surface area contributed by atoms with Gasteiger partial charge >= 0.3 is 11.9 Å². The molecular weight excluding hydrogens is 416 g/mol. The topological polar surface area (TPSA) is 71.1 Å². The van der Waals surface area contributed by atoms with Crippen molar-refractivity contribution in [2.75, 3.05) is 26.4 Å². The van der Waals surface area contributed by atoms with E-state index in [1.54, 1.807) is 0 Å². The highest BCUT2D eigenvalue weighted by Crippen LogP contribution is 2.22. The van der Waals surface area contributed by atoms with E-state index in [4.69, 9.17) is 18.9 Å². The summed E-state index contributed by atoms with van der Waals surface area (Å²) in [4.78, 5) is 22.5. The zero-order chi connectivity index (χ0) is 22.9. The van der Waals surface area contributed by atoms with Gasteiger partial charge in [-0.2, -0.15) is 0 Å². The highest BCUT2D eigenvalue weighted by atomic mass is 28.3. The average Bonchev–Trinajstić information content (AvgIpc) is 2.66. The van der Waals surface area contributed by atoms with E-state index in [1.165, 1.54) is 0 Å².